The molecule has 1 aliphatic heterocycles. The maximum absolute atomic E-state index is 11.8. The van der Waals surface area contributed by atoms with Crippen molar-refractivity contribution in [2.75, 3.05) is 6.54 Å². The molecule has 0 radical (unpaired) electrons. The molecular weight excluding hydrogens is 222 g/mol. The van der Waals surface area contributed by atoms with E-state index in [1.54, 1.807) is 0 Å². The third kappa shape index (κ3) is 3.97. The molecule has 0 spiro atoms. The summed E-state index contributed by atoms with van der Waals surface area (Å²) in [6.07, 6.45) is 11.6. The largest absolute Gasteiger partial charge is 0.356 e. The van der Waals surface area contributed by atoms with E-state index in [0.717, 1.165) is 25.3 Å². The van der Waals surface area contributed by atoms with Gasteiger partial charge in [-0.25, -0.2) is 0 Å². The highest BCUT2D eigenvalue weighted by molar-refractivity contribution is 5.85. The Morgan fingerprint density at radius 1 is 1.00 bits per heavy atom. The minimum absolute atomic E-state index is 0. The van der Waals surface area contributed by atoms with E-state index in [-0.39, 0.29) is 12.4 Å². The molecule has 0 aromatic heterocycles. The molecule has 0 aromatic rings. The first-order chi connectivity index (χ1) is 7.36. The Hall–Kier alpha value is -0.240. The van der Waals surface area contributed by atoms with Crippen LogP contribution in [-0.4, -0.2) is 12.5 Å². The third-order valence-electron chi connectivity index (χ3n) is 3.99. The number of halogens is 1. The number of carbonyl (C=O) groups is 1. The second-order valence-corrected chi connectivity index (χ2v) is 5.22. The normalized spacial score (nSPS) is 27.8. The molecule has 1 heterocycles. The molecule has 94 valence electrons. The number of amides is 1. The Morgan fingerprint density at radius 3 is 2.44 bits per heavy atom. The van der Waals surface area contributed by atoms with E-state index in [1.807, 2.05) is 0 Å². The fourth-order valence-corrected chi connectivity index (χ4v) is 3.05. The van der Waals surface area contributed by atoms with Gasteiger partial charge in [0.15, 0.2) is 0 Å². The summed E-state index contributed by atoms with van der Waals surface area (Å²) in [6, 6.07) is 0. The van der Waals surface area contributed by atoms with E-state index in [0.29, 0.717) is 11.8 Å². The van der Waals surface area contributed by atoms with Crippen LogP contribution in [0.15, 0.2) is 0 Å². The van der Waals surface area contributed by atoms with Crippen LogP contribution in [0.25, 0.3) is 0 Å². The molecule has 2 rings (SSSR count). The summed E-state index contributed by atoms with van der Waals surface area (Å²) in [7, 11) is 0. The Morgan fingerprint density at radius 2 is 1.69 bits per heavy atom. The van der Waals surface area contributed by atoms with E-state index >= 15 is 0 Å². The van der Waals surface area contributed by atoms with Crippen LogP contribution in [-0.2, 0) is 4.79 Å². The lowest BCUT2D eigenvalue weighted by molar-refractivity contribution is -0.125. The summed E-state index contributed by atoms with van der Waals surface area (Å²) >= 11 is 0. The van der Waals surface area contributed by atoms with Crippen molar-refractivity contribution in [3.63, 3.8) is 0 Å². The van der Waals surface area contributed by atoms with Crippen LogP contribution in [0, 0.1) is 11.8 Å². The van der Waals surface area contributed by atoms with Gasteiger partial charge >= 0.3 is 0 Å². The average Bonchev–Trinajstić information content (AvgIpc) is 2.46. The molecule has 16 heavy (non-hydrogen) atoms. The molecule has 1 atom stereocenters. The minimum atomic E-state index is 0. The van der Waals surface area contributed by atoms with Gasteiger partial charge in [0.1, 0.15) is 0 Å². The van der Waals surface area contributed by atoms with Gasteiger partial charge in [-0.15, -0.1) is 12.4 Å². The van der Waals surface area contributed by atoms with Crippen LogP contribution in [0.3, 0.4) is 0 Å². The average molecular weight is 246 g/mol. The van der Waals surface area contributed by atoms with Gasteiger partial charge in [-0.2, -0.15) is 0 Å². The lowest BCUT2D eigenvalue weighted by atomic mass is 9.81. The van der Waals surface area contributed by atoms with Crippen molar-refractivity contribution in [3.8, 4) is 0 Å². The third-order valence-corrected chi connectivity index (χ3v) is 3.99. The van der Waals surface area contributed by atoms with Crippen LogP contribution in [0.1, 0.15) is 57.8 Å². The maximum Gasteiger partial charge on any atom is 0.223 e. The molecule has 1 N–H and O–H groups in total. The predicted octanol–water partition coefficient (Wildman–Crippen LogP) is 3.29. The smallest absolute Gasteiger partial charge is 0.223 e. The highest BCUT2D eigenvalue weighted by Crippen LogP contribution is 2.31. The number of rotatable bonds is 2. The van der Waals surface area contributed by atoms with Gasteiger partial charge in [-0.1, -0.05) is 38.5 Å². The molecule has 2 fully saturated rings. The van der Waals surface area contributed by atoms with Crippen molar-refractivity contribution in [1.82, 2.24) is 5.32 Å². The molecule has 1 aliphatic carbocycles. The maximum atomic E-state index is 11.8. The molecule has 3 heteroatoms. The van der Waals surface area contributed by atoms with Crippen molar-refractivity contribution >= 4 is 18.3 Å². The fourth-order valence-electron chi connectivity index (χ4n) is 3.05. The van der Waals surface area contributed by atoms with Gasteiger partial charge in [0.05, 0.1) is 0 Å². The summed E-state index contributed by atoms with van der Waals surface area (Å²) in [6.45, 7) is 0.903. The highest BCUT2D eigenvalue weighted by Gasteiger charge is 2.25. The van der Waals surface area contributed by atoms with Crippen molar-refractivity contribution in [1.29, 1.82) is 0 Å². The number of hydrogen-bond acceptors (Lipinski definition) is 1. The number of carbonyl (C=O) groups excluding carboxylic acids is 1. The molecule has 1 saturated carbocycles. The second kappa shape index (κ2) is 7.16. The first-order valence-electron chi connectivity index (χ1n) is 6.64. The lowest BCUT2D eigenvalue weighted by Crippen LogP contribution is -2.30. The van der Waals surface area contributed by atoms with Gasteiger partial charge in [-0.3, -0.25) is 4.79 Å². The highest BCUT2D eigenvalue weighted by atomic mass is 35.5. The molecule has 0 aromatic carbocycles. The van der Waals surface area contributed by atoms with Crippen LogP contribution >= 0.6 is 12.4 Å². The van der Waals surface area contributed by atoms with E-state index < -0.39 is 0 Å². The molecule has 2 aliphatic rings. The zero-order chi connectivity index (χ0) is 10.5. The molecule has 1 unspecified atom stereocenters. The second-order valence-electron chi connectivity index (χ2n) is 5.22. The van der Waals surface area contributed by atoms with Crippen molar-refractivity contribution in [2.24, 2.45) is 11.8 Å². The van der Waals surface area contributed by atoms with Gasteiger partial charge in [0.2, 0.25) is 5.91 Å². The summed E-state index contributed by atoms with van der Waals surface area (Å²) < 4.78 is 0. The Kier molecular flexibility index (Phi) is 6.18. The Balaban J connectivity index is 0.00000128. The molecule has 0 bridgehead atoms. The quantitative estimate of drug-likeness (QED) is 0.795. The zero-order valence-corrected chi connectivity index (χ0v) is 10.9. The minimum Gasteiger partial charge on any atom is -0.356 e. The number of hydrogen-bond donors (Lipinski definition) is 1. The van der Waals surface area contributed by atoms with E-state index in [2.05, 4.69) is 5.32 Å². The summed E-state index contributed by atoms with van der Waals surface area (Å²) in [5.41, 5.74) is 0. The van der Waals surface area contributed by atoms with Crippen LogP contribution in [0.4, 0.5) is 0 Å². The van der Waals surface area contributed by atoms with Crippen LogP contribution in [0.5, 0.6) is 0 Å². The van der Waals surface area contributed by atoms with Gasteiger partial charge in [0, 0.05) is 12.5 Å². The fraction of sp³-hybridized carbons (Fsp3) is 0.923. The van der Waals surface area contributed by atoms with Crippen LogP contribution < -0.4 is 5.32 Å². The summed E-state index contributed by atoms with van der Waals surface area (Å²) in [4.78, 5) is 11.8. The first-order valence-corrected chi connectivity index (χ1v) is 6.64. The molecular formula is C13H24ClNO. The molecule has 1 amide bonds. The standard InChI is InChI=1S/C13H23NO.ClH/c15-13-12(8-4-5-9-14-13)10-11-6-2-1-3-7-11;/h11-12H,1-10H2,(H,14,15);1H. The Bertz CT molecular complexity index is 214. The molecule has 2 nitrogen and oxygen atoms in total. The Labute approximate surface area is 105 Å². The van der Waals surface area contributed by atoms with E-state index in [1.165, 1.54) is 44.9 Å². The van der Waals surface area contributed by atoms with Crippen molar-refractivity contribution < 1.29 is 4.79 Å². The van der Waals surface area contributed by atoms with E-state index in [9.17, 15) is 4.79 Å². The SMILES string of the molecule is Cl.O=C1NCCCCC1CC1CCCCC1. The molecule has 1 saturated heterocycles. The van der Waals surface area contributed by atoms with Crippen molar-refractivity contribution in [2.45, 2.75) is 57.8 Å². The predicted molar refractivity (Wildman–Crippen MR) is 68.8 cm³/mol. The number of nitrogens with one attached hydrogen (secondary N) is 1. The first kappa shape index (κ1) is 13.8. The zero-order valence-electron chi connectivity index (χ0n) is 10.0. The monoisotopic (exact) mass is 245 g/mol. The summed E-state index contributed by atoms with van der Waals surface area (Å²) in [5.74, 6) is 1.50. The van der Waals surface area contributed by atoms with Gasteiger partial charge in [-0.05, 0) is 25.2 Å². The van der Waals surface area contributed by atoms with Crippen LogP contribution in [0.2, 0.25) is 0 Å². The summed E-state index contributed by atoms with van der Waals surface area (Å²) in [5, 5.41) is 3.05. The van der Waals surface area contributed by atoms with Gasteiger partial charge in [0.25, 0.3) is 0 Å². The van der Waals surface area contributed by atoms with E-state index in [4.69, 9.17) is 0 Å². The van der Waals surface area contributed by atoms with Gasteiger partial charge < -0.3 is 5.32 Å². The van der Waals surface area contributed by atoms with Crippen molar-refractivity contribution in [3.05, 3.63) is 0 Å². The topological polar surface area (TPSA) is 29.1 Å². The lowest BCUT2D eigenvalue weighted by Gasteiger charge is -2.25.